The molecular formula is C12H12FN3O3. The summed E-state index contributed by atoms with van der Waals surface area (Å²) in [7, 11) is 0. The Morgan fingerprint density at radius 2 is 2.11 bits per heavy atom. The van der Waals surface area contributed by atoms with Crippen LogP contribution in [-0.2, 0) is 16.1 Å². The SMILES string of the molecule is N#Cc1cc(CN(CC(N)=O)CC(=O)O)ccc1F. The van der Waals surface area contributed by atoms with Gasteiger partial charge < -0.3 is 10.8 Å². The van der Waals surface area contributed by atoms with Gasteiger partial charge >= 0.3 is 5.97 Å². The second kappa shape index (κ2) is 6.47. The van der Waals surface area contributed by atoms with Crippen LogP contribution in [0.3, 0.4) is 0 Å². The largest absolute Gasteiger partial charge is 0.480 e. The quantitative estimate of drug-likeness (QED) is 0.756. The van der Waals surface area contributed by atoms with Gasteiger partial charge in [0, 0.05) is 6.54 Å². The number of halogens is 1. The summed E-state index contributed by atoms with van der Waals surface area (Å²) in [6, 6.07) is 5.54. The molecule has 7 heteroatoms. The summed E-state index contributed by atoms with van der Waals surface area (Å²) in [5, 5.41) is 17.4. The zero-order chi connectivity index (χ0) is 14.4. The third-order valence-corrected chi connectivity index (χ3v) is 2.30. The van der Waals surface area contributed by atoms with E-state index in [1.165, 1.54) is 17.0 Å². The number of carbonyl (C=O) groups excluding carboxylic acids is 1. The second-order valence-corrected chi connectivity index (χ2v) is 3.93. The number of carbonyl (C=O) groups is 2. The van der Waals surface area contributed by atoms with Gasteiger partial charge in [0.05, 0.1) is 18.7 Å². The number of nitriles is 1. The van der Waals surface area contributed by atoms with Crippen molar-refractivity contribution in [2.45, 2.75) is 6.54 Å². The van der Waals surface area contributed by atoms with Crippen molar-refractivity contribution >= 4 is 11.9 Å². The molecule has 0 spiro atoms. The van der Waals surface area contributed by atoms with Crippen LogP contribution in [0, 0.1) is 17.1 Å². The minimum absolute atomic E-state index is 0.0875. The smallest absolute Gasteiger partial charge is 0.317 e. The molecule has 0 heterocycles. The van der Waals surface area contributed by atoms with Crippen molar-refractivity contribution in [1.82, 2.24) is 4.90 Å². The van der Waals surface area contributed by atoms with Crippen molar-refractivity contribution in [3.8, 4) is 6.07 Å². The Hall–Kier alpha value is -2.46. The van der Waals surface area contributed by atoms with Gasteiger partial charge in [-0.15, -0.1) is 0 Å². The van der Waals surface area contributed by atoms with Gasteiger partial charge in [-0.25, -0.2) is 4.39 Å². The van der Waals surface area contributed by atoms with E-state index < -0.39 is 17.7 Å². The number of hydrogen-bond donors (Lipinski definition) is 2. The molecule has 1 aromatic rings. The first-order valence-corrected chi connectivity index (χ1v) is 5.33. The van der Waals surface area contributed by atoms with E-state index in [0.717, 1.165) is 6.07 Å². The molecule has 1 aromatic carbocycles. The fraction of sp³-hybridized carbons (Fsp3) is 0.250. The Bertz CT molecular complexity index is 524. The molecule has 0 saturated carbocycles. The molecule has 0 aromatic heterocycles. The van der Waals surface area contributed by atoms with Crippen molar-refractivity contribution in [2.24, 2.45) is 5.73 Å². The lowest BCUT2D eigenvalue weighted by Gasteiger charge is -2.18. The van der Waals surface area contributed by atoms with Crippen molar-refractivity contribution in [2.75, 3.05) is 13.1 Å². The summed E-state index contributed by atoms with van der Waals surface area (Å²) in [4.78, 5) is 22.8. The minimum Gasteiger partial charge on any atom is -0.480 e. The fourth-order valence-electron chi connectivity index (χ4n) is 1.59. The van der Waals surface area contributed by atoms with Gasteiger partial charge in [-0.1, -0.05) is 6.07 Å². The first-order chi connectivity index (χ1) is 8.92. The number of hydrogen-bond acceptors (Lipinski definition) is 4. The normalized spacial score (nSPS) is 10.2. The van der Waals surface area contributed by atoms with Crippen LogP contribution < -0.4 is 5.73 Å². The number of nitrogens with zero attached hydrogens (tertiary/aromatic N) is 2. The maximum atomic E-state index is 13.1. The zero-order valence-electron chi connectivity index (χ0n) is 9.97. The standard InChI is InChI=1S/C12H12FN3O3/c13-10-2-1-8(3-9(10)4-14)5-16(6-11(15)17)7-12(18)19/h1-3H,5-7H2,(H2,15,17)(H,18,19). The maximum absolute atomic E-state index is 13.1. The number of rotatable bonds is 6. The molecule has 19 heavy (non-hydrogen) atoms. The first kappa shape index (κ1) is 14.6. The Morgan fingerprint density at radius 3 is 2.63 bits per heavy atom. The predicted molar refractivity (Wildman–Crippen MR) is 63.2 cm³/mol. The van der Waals surface area contributed by atoms with Crippen LogP contribution in [0.1, 0.15) is 11.1 Å². The van der Waals surface area contributed by atoms with Gasteiger partial charge in [0.2, 0.25) is 5.91 Å². The lowest BCUT2D eigenvalue weighted by atomic mass is 10.1. The zero-order valence-corrected chi connectivity index (χ0v) is 9.97. The van der Waals surface area contributed by atoms with Gasteiger partial charge in [-0.3, -0.25) is 14.5 Å². The number of carboxylic acids is 1. The van der Waals surface area contributed by atoms with Crippen LogP contribution >= 0.6 is 0 Å². The summed E-state index contributed by atoms with van der Waals surface area (Å²) in [5.74, 6) is -2.42. The molecule has 0 aliphatic rings. The molecule has 6 nitrogen and oxygen atoms in total. The minimum atomic E-state index is -1.11. The Morgan fingerprint density at radius 1 is 1.42 bits per heavy atom. The first-order valence-electron chi connectivity index (χ1n) is 5.33. The molecular weight excluding hydrogens is 253 g/mol. The summed E-state index contributed by atoms with van der Waals surface area (Å²) in [5.41, 5.74) is 5.41. The average molecular weight is 265 g/mol. The molecule has 1 rings (SSSR count). The lowest BCUT2D eigenvalue weighted by molar-refractivity contribution is -0.138. The highest BCUT2D eigenvalue weighted by atomic mass is 19.1. The molecule has 3 N–H and O–H groups in total. The van der Waals surface area contributed by atoms with Crippen molar-refractivity contribution < 1.29 is 19.1 Å². The average Bonchev–Trinajstić information content (AvgIpc) is 2.29. The van der Waals surface area contributed by atoms with E-state index in [0.29, 0.717) is 5.56 Å². The number of benzene rings is 1. The molecule has 0 radical (unpaired) electrons. The molecule has 0 saturated heterocycles. The fourth-order valence-corrected chi connectivity index (χ4v) is 1.59. The van der Waals surface area contributed by atoms with E-state index in [4.69, 9.17) is 16.1 Å². The van der Waals surface area contributed by atoms with E-state index >= 15 is 0 Å². The van der Waals surface area contributed by atoms with Crippen LogP contribution in [0.25, 0.3) is 0 Å². The molecule has 100 valence electrons. The maximum Gasteiger partial charge on any atom is 0.317 e. The van der Waals surface area contributed by atoms with E-state index in [-0.39, 0.29) is 25.2 Å². The number of amides is 1. The highest BCUT2D eigenvalue weighted by molar-refractivity contribution is 5.77. The van der Waals surface area contributed by atoms with Gasteiger partial charge in [0.25, 0.3) is 0 Å². The summed E-state index contributed by atoms with van der Waals surface area (Å²) < 4.78 is 13.1. The Labute approximate surface area is 108 Å². The van der Waals surface area contributed by atoms with Gasteiger partial charge in [-0.05, 0) is 17.7 Å². The van der Waals surface area contributed by atoms with Crippen LogP contribution in [-0.4, -0.2) is 35.0 Å². The third kappa shape index (κ3) is 4.73. The second-order valence-electron chi connectivity index (χ2n) is 3.93. The molecule has 0 bridgehead atoms. The van der Waals surface area contributed by atoms with Crippen LogP contribution in [0.2, 0.25) is 0 Å². The molecule has 0 aliphatic carbocycles. The molecule has 0 aliphatic heterocycles. The van der Waals surface area contributed by atoms with Crippen LogP contribution in [0.5, 0.6) is 0 Å². The van der Waals surface area contributed by atoms with Gasteiger partial charge in [-0.2, -0.15) is 5.26 Å². The predicted octanol–water partition coefficient (Wildman–Crippen LogP) is 0.0693. The van der Waals surface area contributed by atoms with E-state index in [1.807, 2.05) is 0 Å². The van der Waals surface area contributed by atoms with Crippen LogP contribution in [0.15, 0.2) is 18.2 Å². The van der Waals surface area contributed by atoms with Crippen molar-refractivity contribution in [1.29, 1.82) is 5.26 Å². The van der Waals surface area contributed by atoms with E-state index in [2.05, 4.69) is 0 Å². The summed E-state index contributed by atoms with van der Waals surface area (Å²) >= 11 is 0. The number of nitrogens with two attached hydrogens (primary N) is 1. The molecule has 0 unspecified atom stereocenters. The monoisotopic (exact) mass is 265 g/mol. The highest BCUT2D eigenvalue weighted by Gasteiger charge is 2.13. The number of aliphatic carboxylic acids is 1. The molecule has 0 fully saturated rings. The molecule has 0 atom stereocenters. The Balaban J connectivity index is 2.86. The van der Waals surface area contributed by atoms with Crippen molar-refractivity contribution in [3.63, 3.8) is 0 Å². The highest BCUT2D eigenvalue weighted by Crippen LogP contribution is 2.11. The summed E-state index contributed by atoms with van der Waals surface area (Å²) in [6.45, 7) is -0.516. The third-order valence-electron chi connectivity index (χ3n) is 2.30. The summed E-state index contributed by atoms with van der Waals surface area (Å²) in [6.07, 6.45) is 0. The number of primary amides is 1. The molecule has 1 amide bonds. The van der Waals surface area contributed by atoms with Gasteiger partial charge in [0.1, 0.15) is 11.9 Å². The lowest BCUT2D eigenvalue weighted by Crippen LogP contribution is -2.36. The van der Waals surface area contributed by atoms with Crippen molar-refractivity contribution in [3.05, 3.63) is 35.1 Å². The van der Waals surface area contributed by atoms with E-state index in [1.54, 1.807) is 6.07 Å². The van der Waals surface area contributed by atoms with E-state index in [9.17, 15) is 14.0 Å². The Kier molecular flexibility index (Phi) is 4.97. The topological polar surface area (TPSA) is 107 Å². The van der Waals surface area contributed by atoms with Gasteiger partial charge in [0.15, 0.2) is 0 Å². The van der Waals surface area contributed by atoms with Crippen LogP contribution in [0.4, 0.5) is 4.39 Å². The number of carboxylic acid groups (broad SMARTS) is 1.